The number of hydrazine groups is 1. The minimum absolute atomic E-state index is 0.0153. The van der Waals surface area contributed by atoms with Crippen LogP contribution in [0.25, 0.3) is 0 Å². The van der Waals surface area contributed by atoms with Crippen molar-refractivity contribution in [2.75, 3.05) is 14.1 Å². The van der Waals surface area contributed by atoms with Crippen LogP contribution in [0.15, 0.2) is 53.6 Å². The fourth-order valence-corrected chi connectivity index (χ4v) is 6.74. The molecule has 1 heterocycles. The third kappa shape index (κ3) is 4.06. The highest BCUT2D eigenvalue weighted by Crippen LogP contribution is 2.48. The maximum atomic E-state index is 13.3. The lowest BCUT2D eigenvalue weighted by atomic mass is 9.66. The van der Waals surface area contributed by atoms with E-state index in [0.29, 0.717) is 5.92 Å². The minimum atomic E-state index is -1.12. The highest BCUT2D eigenvalue weighted by atomic mass is 16.4. The summed E-state index contributed by atoms with van der Waals surface area (Å²) >= 11 is 0. The van der Waals surface area contributed by atoms with Gasteiger partial charge in [-0.15, -0.1) is 0 Å². The number of rotatable bonds is 6. The Morgan fingerprint density at radius 3 is 2.38 bits per heavy atom. The number of hydrogen-bond acceptors (Lipinski definition) is 5. The van der Waals surface area contributed by atoms with E-state index in [2.05, 4.69) is 60.2 Å². The van der Waals surface area contributed by atoms with Gasteiger partial charge in [0, 0.05) is 17.1 Å². The van der Waals surface area contributed by atoms with E-state index >= 15 is 0 Å². The van der Waals surface area contributed by atoms with Crippen molar-refractivity contribution in [3.63, 3.8) is 0 Å². The number of aliphatic carboxylic acids is 1. The molecule has 2 saturated carbocycles. The second-order valence-corrected chi connectivity index (χ2v) is 11.1. The summed E-state index contributed by atoms with van der Waals surface area (Å²) in [5.74, 6) is -1.11. The molecule has 6 nitrogen and oxygen atoms in total. The van der Waals surface area contributed by atoms with Gasteiger partial charge >= 0.3 is 5.97 Å². The SMILES string of the molecule is CN(C)C1(c2ccccc2)CCC2(CC1)C[C@@H](C1C(=O)C(C(=O)O)=CC=C1CC1CCC1)NN2. The first-order valence-electron chi connectivity index (χ1n) is 12.8. The number of allylic oxidation sites excluding steroid dienone is 2. The van der Waals surface area contributed by atoms with Crippen LogP contribution < -0.4 is 10.9 Å². The van der Waals surface area contributed by atoms with Crippen LogP contribution in [0, 0.1) is 11.8 Å². The number of benzene rings is 1. The van der Waals surface area contributed by atoms with Gasteiger partial charge in [-0.3, -0.25) is 20.5 Å². The average Bonchev–Trinajstić information content (AvgIpc) is 3.20. The number of carbonyl (C=O) groups excluding carboxylic acids is 1. The summed E-state index contributed by atoms with van der Waals surface area (Å²) in [5.41, 5.74) is 9.41. The van der Waals surface area contributed by atoms with Gasteiger partial charge in [0.15, 0.2) is 5.78 Å². The summed E-state index contributed by atoms with van der Waals surface area (Å²) in [6, 6.07) is 10.7. The largest absolute Gasteiger partial charge is 0.478 e. The quantitative estimate of drug-likeness (QED) is 0.555. The van der Waals surface area contributed by atoms with Crippen molar-refractivity contribution in [3.05, 3.63) is 59.2 Å². The van der Waals surface area contributed by atoms with Gasteiger partial charge in [-0.25, -0.2) is 4.79 Å². The summed E-state index contributed by atoms with van der Waals surface area (Å²) in [6.45, 7) is 0. The van der Waals surface area contributed by atoms with Crippen LogP contribution in [0.5, 0.6) is 0 Å². The minimum Gasteiger partial charge on any atom is -0.478 e. The Morgan fingerprint density at radius 2 is 1.79 bits per heavy atom. The van der Waals surface area contributed by atoms with Gasteiger partial charge in [0.1, 0.15) is 5.57 Å². The second-order valence-electron chi connectivity index (χ2n) is 11.1. The number of nitrogens with zero attached hydrogens (tertiary/aromatic N) is 1. The molecule has 5 rings (SSSR count). The molecule has 3 fully saturated rings. The highest BCUT2D eigenvalue weighted by molar-refractivity contribution is 6.19. The predicted octanol–water partition coefficient (Wildman–Crippen LogP) is 3.95. The van der Waals surface area contributed by atoms with E-state index in [1.807, 2.05) is 6.08 Å². The first-order chi connectivity index (χ1) is 16.3. The Kier molecular flexibility index (Phi) is 6.25. The maximum Gasteiger partial charge on any atom is 0.339 e. The van der Waals surface area contributed by atoms with Gasteiger partial charge in [-0.1, -0.05) is 61.2 Å². The van der Waals surface area contributed by atoms with Crippen LogP contribution in [0.3, 0.4) is 0 Å². The van der Waals surface area contributed by atoms with Crippen LogP contribution in [0.4, 0.5) is 0 Å². The molecule has 1 aliphatic heterocycles. The van der Waals surface area contributed by atoms with E-state index in [-0.39, 0.29) is 28.5 Å². The Balaban J connectivity index is 1.34. The number of carboxylic acid groups (broad SMARTS) is 1. The van der Waals surface area contributed by atoms with Crippen LogP contribution in [-0.2, 0) is 15.1 Å². The van der Waals surface area contributed by atoms with Crippen molar-refractivity contribution in [3.8, 4) is 0 Å². The van der Waals surface area contributed by atoms with Crippen LogP contribution in [-0.4, -0.2) is 47.4 Å². The summed E-state index contributed by atoms with van der Waals surface area (Å²) < 4.78 is 0. The van der Waals surface area contributed by atoms with Gasteiger partial charge in [0.2, 0.25) is 0 Å². The summed E-state index contributed by atoms with van der Waals surface area (Å²) in [7, 11) is 4.35. The topological polar surface area (TPSA) is 81.7 Å². The number of ketones is 1. The van der Waals surface area contributed by atoms with Crippen LogP contribution >= 0.6 is 0 Å². The van der Waals surface area contributed by atoms with E-state index in [1.54, 1.807) is 0 Å². The fourth-order valence-electron chi connectivity index (χ4n) is 6.74. The maximum absolute atomic E-state index is 13.3. The third-order valence-electron chi connectivity index (χ3n) is 9.13. The van der Waals surface area contributed by atoms with Crippen molar-refractivity contribution >= 4 is 11.8 Å². The molecule has 1 aromatic rings. The molecule has 182 valence electrons. The first-order valence-corrected chi connectivity index (χ1v) is 12.8. The number of nitrogens with one attached hydrogen (secondary N) is 2. The van der Waals surface area contributed by atoms with Crippen LogP contribution in [0.1, 0.15) is 63.4 Å². The smallest absolute Gasteiger partial charge is 0.339 e. The molecule has 2 atom stereocenters. The Bertz CT molecular complexity index is 1000. The predicted molar refractivity (Wildman–Crippen MR) is 132 cm³/mol. The Morgan fingerprint density at radius 1 is 1.09 bits per heavy atom. The molecule has 3 N–H and O–H groups in total. The van der Waals surface area contributed by atoms with E-state index in [0.717, 1.165) is 44.1 Å². The third-order valence-corrected chi connectivity index (χ3v) is 9.13. The lowest BCUT2D eigenvalue weighted by molar-refractivity contribution is -0.135. The molecule has 1 saturated heterocycles. The standard InChI is InChI=1S/C28H37N3O3/c1-31(2)28(21-9-4-3-5-10-21)15-13-27(14-16-28)18-23(29-30-27)24-20(17-19-7-6-8-19)11-12-22(25(24)32)26(33)34/h3-5,9-12,19,23-24,29-30H,6-8,13-18H2,1-2H3,(H,33,34)/t23-,24?,27?,28?/m0/s1. The molecule has 1 unspecified atom stereocenters. The Hall–Kier alpha value is -2.28. The molecular formula is C28H37N3O3. The van der Waals surface area contributed by atoms with Crippen molar-refractivity contribution in [2.24, 2.45) is 11.8 Å². The molecule has 1 aromatic carbocycles. The zero-order chi connectivity index (χ0) is 23.9. The zero-order valence-electron chi connectivity index (χ0n) is 20.3. The molecule has 0 aromatic heterocycles. The van der Waals surface area contributed by atoms with Gasteiger partial charge in [-0.2, -0.15) is 0 Å². The average molecular weight is 464 g/mol. The monoisotopic (exact) mass is 463 g/mol. The van der Waals surface area contributed by atoms with Crippen molar-refractivity contribution in [1.29, 1.82) is 0 Å². The fraction of sp³-hybridized carbons (Fsp3) is 0.571. The molecule has 4 aliphatic rings. The molecule has 0 radical (unpaired) electrons. The lowest BCUT2D eigenvalue weighted by Gasteiger charge is -2.49. The molecule has 6 heteroatoms. The van der Waals surface area contributed by atoms with Crippen molar-refractivity contribution in [2.45, 2.75) is 74.9 Å². The van der Waals surface area contributed by atoms with Gasteiger partial charge < -0.3 is 5.11 Å². The zero-order valence-corrected chi connectivity index (χ0v) is 20.3. The van der Waals surface area contributed by atoms with E-state index in [9.17, 15) is 14.7 Å². The second kappa shape index (κ2) is 9.06. The van der Waals surface area contributed by atoms with Crippen LogP contribution in [0.2, 0.25) is 0 Å². The Labute approximate surface area is 202 Å². The molecular weight excluding hydrogens is 426 g/mol. The normalized spacial score (nSPS) is 34.1. The molecule has 34 heavy (non-hydrogen) atoms. The number of carbonyl (C=O) groups is 2. The van der Waals surface area contributed by atoms with E-state index in [1.165, 1.54) is 30.9 Å². The number of Topliss-reactive ketones (excluding diaryl/α,β-unsaturated/α-hetero) is 1. The molecule has 0 amide bonds. The van der Waals surface area contributed by atoms with Crippen molar-refractivity contribution in [1.82, 2.24) is 15.8 Å². The molecule has 3 aliphatic carbocycles. The lowest BCUT2D eigenvalue weighted by Crippen LogP contribution is -2.53. The van der Waals surface area contributed by atoms with E-state index in [4.69, 9.17) is 0 Å². The van der Waals surface area contributed by atoms with E-state index < -0.39 is 11.9 Å². The van der Waals surface area contributed by atoms with Gasteiger partial charge in [0.25, 0.3) is 0 Å². The number of hydrogen-bond donors (Lipinski definition) is 3. The van der Waals surface area contributed by atoms with Gasteiger partial charge in [-0.05, 0) is 70.2 Å². The van der Waals surface area contributed by atoms with Gasteiger partial charge in [0.05, 0.1) is 5.92 Å². The van der Waals surface area contributed by atoms with Crippen molar-refractivity contribution < 1.29 is 14.7 Å². The molecule has 1 spiro atoms. The summed E-state index contributed by atoms with van der Waals surface area (Å²) in [4.78, 5) is 27.4. The highest BCUT2D eigenvalue weighted by Gasteiger charge is 2.51. The summed E-state index contributed by atoms with van der Waals surface area (Å²) in [5, 5.41) is 9.60. The number of carboxylic acids is 1. The summed E-state index contributed by atoms with van der Waals surface area (Å²) in [6.07, 6.45) is 13.0. The first kappa shape index (κ1) is 23.5. The molecule has 0 bridgehead atoms.